The Kier molecular flexibility index (Phi) is 6.48. The van der Waals surface area contributed by atoms with Crippen molar-refractivity contribution in [1.82, 2.24) is 10.2 Å². The zero-order chi connectivity index (χ0) is 17.3. The number of furan rings is 1. The normalized spacial score (nSPS) is 15.0. The minimum atomic E-state index is -0.180. The fourth-order valence-corrected chi connectivity index (χ4v) is 2.81. The number of hydrogen-bond acceptors (Lipinski definition) is 4. The minimum absolute atomic E-state index is 0.180. The second-order valence-corrected chi connectivity index (χ2v) is 6.15. The standard InChI is InChI=1S/C19H25N3O3/c23-19(20-9-1-3-18-4-2-12-25-18)21-17-7-5-16(6-8-17)15-22-10-13-24-14-11-22/h2,4-8,12H,1,3,9-11,13-15H2,(H2,20,21,23). The van der Waals surface area contributed by atoms with Gasteiger partial charge >= 0.3 is 6.03 Å². The van der Waals surface area contributed by atoms with Crippen LogP contribution in [0, 0.1) is 0 Å². The van der Waals surface area contributed by atoms with Crippen LogP contribution in [0.1, 0.15) is 17.7 Å². The van der Waals surface area contributed by atoms with Crippen molar-refractivity contribution in [3.8, 4) is 0 Å². The number of carbonyl (C=O) groups is 1. The fourth-order valence-electron chi connectivity index (χ4n) is 2.81. The van der Waals surface area contributed by atoms with Gasteiger partial charge < -0.3 is 19.8 Å². The van der Waals surface area contributed by atoms with Gasteiger partial charge in [-0.1, -0.05) is 12.1 Å². The molecule has 6 heteroatoms. The highest BCUT2D eigenvalue weighted by atomic mass is 16.5. The van der Waals surface area contributed by atoms with Crippen molar-refractivity contribution in [3.05, 3.63) is 54.0 Å². The largest absolute Gasteiger partial charge is 0.469 e. The number of nitrogens with zero attached hydrogens (tertiary/aromatic N) is 1. The molecule has 0 aliphatic carbocycles. The summed E-state index contributed by atoms with van der Waals surface area (Å²) < 4.78 is 10.6. The Hall–Kier alpha value is -2.31. The smallest absolute Gasteiger partial charge is 0.319 e. The molecule has 2 heterocycles. The first-order valence-corrected chi connectivity index (χ1v) is 8.76. The van der Waals surface area contributed by atoms with Gasteiger partial charge in [0.05, 0.1) is 19.5 Å². The van der Waals surface area contributed by atoms with E-state index in [1.807, 2.05) is 24.3 Å². The average molecular weight is 343 g/mol. The number of nitrogens with one attached hydrogen (secondary N) is 2. The first-order valence-electron chi connectivity index (χ1n) is 8.76. The third-order valence-electron chi connectivity index (χ3n) is 4.19. The number of urea groups is 1. The summed E-state index contributed by atoms with van der Waals surface area (Å²) in [6, 6.07) is 11.6. The van der Waals surface area contributed by atoms with Crippen molar-refractivity contribution >= 4 is 11.7 Å². The third kappa shape index (κ3) is 5.92. The average Bonchev–Trinajstić information content (AvgIpc) is 3.15. The minimum Gasteiger partial charge on any atom is -0.469 e. The molecular weight excluding hydrogens is 318 g/mol. The molecule has 25 heavy (non-hydrogen) atoms. The Morgan fingerprint density at radius 3 is 2.64 bits per heavy atom. The predicted molar refractivity (Wildman–Crippen MR) is 96.6 cm³/mol. The van der Waals surface area contributed by atoms with Gasteiger partial charge in [-0.25, -0.2) is 4.79 Å². The van der Waals surface area contributed by atoms with Crippen molar-refractivity contribution in [2.24, 2.45) is 0 Å². The molecule has 1 aromatic carbocycles. The molecule has 2 amide bonds. The molecule has 2 N–H and O–H groups in total. The predicted octanol–water partition coefficient (Wildman–Crippen LogP) is 2.87. The number of morpholine rings is 1. The lowest BCUT2D eigenvalue weighted by atomic mass is 10.2. The molecule has 2 aromatic rings. The molecular formula is C19H25N3O3. The van der Waals surface area contributed by atoms with Crippen LogP contribution in [0.2, 0.25) is 0 Å². The first kappa shape index (κ1) is 17.5. The van der Waals surface area contributed by atoms with E-state index >= 15 is 0 Å². The summed E-state index contributed by atoms with van der Waals surface area (Å²) in [7, 11) is 0. The molecule has 0 radical (unpaired) electrons. The van der Waals surface area contributed by atoms with Crippen LogP contribution in [0.25, 0.3) is 0 Å². The van der Waals surface area contributed by atoms with Gasteiger partial charge in [-0.3, -0.25) is 4.90 Å². The maximum atomic E-state index is 11.9. The van der Waals surface area contributed by atoms with Gasteiger partial charge in [-0.2, -0.15) is 0 Å². The van der Waals surface area contributed by atoms with E-state index in [4.69, 9.17) is 9.15 Å². The molecule has 1 aliphatic heterocycles. The van der Waals surface area contributed by atoms with Crippen LogP contribution < -0.4 is 10.6 Å². The second-order valence-electron chi connectivity index (χ2n) is 6.15. The molecule has 134 valence electrons. The van der Waals surface area contributed by atoms with Crippen LogP contribution in [-0.4, -0.2) is 43.8 Å². The number of anilines is 1. The fraction of sp³-hybridized carbons (Fsp3) is 0.421. The van der Waals surface area contributed by atoms with Crippen LogP contribution in [0.15, 0.2) is 47.1 Å². The molecule has 0 bridgehead atoms. The third-order valence-corrected chi connectivity index (χ3v) is 4.19. The Morgan fingerprint density at radius 2 is 1.92 bits per heavy atom. The van der Waals surface area contributed by atoms with Crippen LogP contribution in [0.5, 0.6) is 0 Å². The van der Waals surface area contributed by atoms with Crippen LogP contribution in [-0.2, 0) is 17.7 Å². The van der Waals surface area contributed by atoms with E-state index < -0.39 is 0 Å². The summed E-state index contributed by atoms with van der Waals surface area (Å²) in [5.41, 5.74) is 2.04. The highest BCUT2D eigenvalue weighted by Gasteiger charge is 2.10. The van der Waals surface area contributed by atoms with Crippen molar-refractivity contribution < 1.29 is 13.9 Å². The summed E-state index contributed by atoms with van der Waals surface area (Å²) in [4.78, 5) is 14.3. The highest BCUT2D eigenvalue weighted by Crippen LogP contribution is 2.12. The maximum Gasteiger partial charge on any atom is 0.319 e. The zero-order valence-corrected chi connectivity index (χ0v) is 14.4. The molecule has 0 spiro atoms. The van der Waals surface area contributed by atoms with Gasteiger partial charge in [-0.05, 0) is 36.2 Å². The number of aryl methyl sites for hydroxylation is 1. The van der Waals surface area contributed by atoms with Crippen molar-refractivity contribution in [2.75, 3.05) is 38.2 Å². The second kappa shape index (κ2) is 9.25. The molecule has 1 saturated heterocycles. The molecule has 1 aromatic heterocycles. The summed E-state index contributed by atoms with van der Waals surface area (Å²) in [6.07, 6.45) is 3.33. The zero-order valence-electron chi connectivity index (χ0n) is 14.4. The van der Waals surface area contributed by atoms with E-state index in [0.29, 0.717) is 6.54 Å². The lowest BCUT2D eigenvalue weighted by molar-refractivity contribution is 0.0342. The summed E-state index contributed by atoms with van der Waals surface area (Å²) in [6.45, 7) is 5.09. The lowest BCUT2D eigenvalue weighted by Crippen LogP contribution is -2.35. The van der Waals surface area contributed by atoms with E-state index in [1.54, 1.807) is 6.26 Å². The monoisotopic (exact) mass is 343 g/mol. The van der Waals surface area contributed by atoms with Gasteiger partial charge in [-0.15, -0.1) is 0 Å². The highest BCUT2D eigenvalue weighted by molar-refractivity contribution is 5.89. The van der Waals surface area contributed by atoms with Crippen molar-refractivity contribution in [1.29, 1.82) is 0 Å². The summed E-state index contributed by atoms with van der Waals surface area (Å²) >= 11 is 0. The number of amides is 2. The Bertz CT molecular complexity index is 634. The topological polar surface area (TPSA) is 66.7 Å². The summed E-state index contributed by atoms with van der Waals surface area (Å²) in [5, 5.41) is 5.72. The number of rotatable bonds is 7. The number of hydrogen-bond donors (Lipinski definition) is 2. The molecule has 3 rings (SSSR count). The number of ether oxygens (including phenoxy) is 1. The van der Waals surface area contributed by atoms with Crippen LogP contribution in [0.4, 0.5) is 10.5 Å². The van der Waals surface area contributed by atoms with E-state index in [-0.39, 0.29) is 6.03 Å². The van der Waals surface area contributed by atoms with E-state index in [1.165, 1.54) is 5.56 Å². The molecule has 1 aliphatic rings. The number of carbonyl (C=O) groups excluding carboxylic acids is 1. The SMILES string of the molecule is O=C(NCCCc1ccco1)Nc1ccc(CN2CCOCC2)cc1. The van der Waals surface area contributed by atoms with Gasteiger partial charge in [0.1, 0.15) is 5.76 Å². The van der Waals surface area contributed by atoms with Crippen LogP contribution >= 0.6 is 0 Å². The van der Waals surface area contributed by atoms with Crippen molar-refractivity contribution in [2.45, 2.75) is 19.4 Å². The Morgan fingerprint density at radius 1 is 1.12 bits per heavy atom. The Labute approximate surface area is 148 Å². The molecule has 1 fully saturated rings. The van der Waals surface area contributed by atoms with Gasteiger partial charge in [0.2, 0.25) is 0 Å². The molecule has 0 unspecified atom stereocenters. The lowest BCUT2D eigenvalue weighted by Gasteiger charge is -2.26. The Balaban J connectivity index is 1.36. The van der Waals surface area contributed by atoms with E-state index in [9.17, 15) is 4.79 Å². The molecule has 0 saturated carbocycles. The molecule has 0 atom stereocenters. The van der Waals surface area contributed by atoms with Gasteiger partial charge in [0.15, 0.2) is 0 Å². The van der Waals surface area contributed by atoms with Crippen LogP contribution in [0.3, 0.4) is 0 Å². The first-order chi connectivity index (χ1) is 12.3. The van der Waals surface area contributed by atoms with E-state index in [2.05, 4.69) is 27.7 Å². The molecule has 6 nitrogen and oxygen atoms in total. The summed E-state index contributed by atoms with van der Waals surface area (Å²) in [5.74, 6) is 0.943. The van der Waals surface area contributed by atoms with Crippen molar-refractivity contribution in [3.63, 3.8) is 0 Å². The van der Waals surface area contributed by atoms with Gasteiger partial charge in [0.25, 0.3) is 0 Å². The number of benzene rings is 1. The quantitative estimate of drug-likeness (QED) is 0.759. The maximum absolute atomic E-state index is 11.9. The van der Waals surface area contributed by atoms with E-state index in [0.717, 1.165) is 57.1 Å². The van der Waals surface area contributed by atoms with Gasteiger partial charge in [0, 0.05) is 38.3 Å².